The highest BCUT2D eigenvalue weighted by Crippen LogP contribution is 2.33. The fourth-order valence-electron chi connectivity index (χ4n) is 6.80. The van der Waals surface area contributed by atoms with Crippen LogP contribution in [0, 0.1) is 0 Å². The molecule has 296 valence electrons. The Hall–Kier alpha value is -4.38. The number of carbonyl (C=O) groups is 2. The van der Waals surface area contributed by atoms with Crippen LogP contribution in [0.3, 0.4) is 0 Å². The second-order valence-corrected chi connectivity index (χ2v) is 24.6. The summed E-state index contributed by atoms with van der Waals surface area (Å²) in [7, 11) is -4.36. The minimum Gasteiger partial charge on any atom is -0.444 e. The number of aromatic nitrogens is 4. The molecular formula is C39H54N8O6SSi. The molecule has 6 rings (SSSR count). The first-order valence-electron chi connectivity index (χ1n) is 19.0. The van der Waals surface area contributed by atoms with E-state index in [2.05, 4.69) is 50.1 Å². The highest BCUT2D eigenvalue weighted by Gasteiger charge is 2.27. The molecule has 4 aromatic rings. The monoisotopic (exact) mass is 790 g/mol. The topological polar surface area (TPSA) is 161 Å². The molecule has 2 aliphatic heterocycles. The normalized spacial score (nSPS) is 17.9. The molecule has 16 heteroatoms. The van der Waals surface area contributed by atoms with Gasteiger partial charge in [-0.15, -0.1) is 0 Å². The minimum atomic E-state index is -3.06. The van der Waals surface area contributed by atoms with Crippen molar-refractivity contribution in [2.75, 3.05) is 54.5 Å². The van der Waals surface area contributed by atoms with Crippen molar-refractivity contribution in [1.29, 1.82) is 0 Å². The number of benzene rings is 1. The molecule has 2 aliphatic rings. The number of amides is 2. The van der Waals surface area contributed by atoms with Crippen LogP contribution < -0.4 is 15.5 Å². The Morgan fingerprint density at radius 3 is 2.44 bits per heavy atom. The van der Waals surface area contributed by atoms with Crippen LogP contribution in [0.25, 0.3) is 22.3 Å². The smallest absolute Gasteiger partial charge is 0.407 e. The van der Waals surface area contributed by atoms with Crippen molar-refractivity contribution in [1.82, 2.24) is 29.7 Å². The van der Waals surface area contributed by atoms with E-state index < -0.39 is 29.6 Å². The lowest BCUT2D eigenvalue weighted by molar-refractivity contribution is 0.0470. The Labute approximate surface area is 324 Å². The summed E-state index contributed by atoms with van der Waals surface area (Å²) in [6.45, 7) is 16.4. The lowest BCUT2D eigenvalue weighted by Crippen LogP contribution is -2.48. The third-order valence-electron chi connectivity index (χ3n) is 9.66. The Bertz CT molecular complexity index is 2080. The van der Waals surface area contributed by atoms with Crippen LogP contribution in [-0.4, -0.2) is 109 Å². The summed E-state index contributed by atoms with van der Waals surface area (Å²) in [4.78, 5) is 43.6. The number of hydrogen-bond acceptors (Lipinski definition) is 11. The summed E-state index contributed by atoms with van der Waals surface area (Å²) < 4.78 is 38.0. The second-order valence-electron chi connectivity index (χ2n) is 16.7. The van der Waals surface area contributed by atoms with Gasteiger partial charge in [0.05, 0.1) is 22.6 Å². The standard InChI is InChI=1S/C39H54N8O6SSi/c1-39(2,3)53-38(49)44-31-8-7-15-45(25-31)24-28-13-14-40-33(22-28)37(48)43-30-11-9-29(10-12-30)34-23-32-35(46-16-19-54(50,51)20-17-46)41-26-42-36(32)47(34)27-52-18-21-55(4,5)6/h9-14,22-23,26,31H,7-8,15-21,24-25,27H2,1-6H3,(H,43,48)(H,44,49)/t31-/m1/s1. The summed E-state index contributed by atoms with van der Waals surface area (Å²) in [6, 6.07) is 14.4. The maximum absolute atomic E-state index is 13.4. The Kier molecular flexibility index (Phi) is 12.3. The third-order valence-corrected chi connectivity index (χ3v) is 13.0. The lowest BCUT2D eigenvalue weighted by atomic mass is 10.0. The highest BCUT2D eigenvalue weighted by molar-refractivity contribution is 7.91. The number of pyridine rings is 1. The van der Waals surface area contributed by atoms with Gasteiger partial charge < -0.3 is 29.6 Å². The van der Waals surface area contributed by atoms with Gasteiger partial charge in [-0.3, -0.25) is 14.7 Å². The number of nitrogens with zero attached hydrogens (tertiary/aromatic N) is 6. The maximum atomic E-state index is 13.4. The molecule has 55 heavy (non-hydrogen) atoms. The second kappa shape index (κ2) is 16.8. The molecule has 2 N–H and O–H groups in total. The zero-order chi connectivity index (χ0) is 39.4. The van der Waals surface area contributed by atoms with E-state index >= 15 is 0 Å². The number of hydrogen-bond donors (Lipinski definition) is 2. The average Bonchev–Trinajstić information content (AvgIpc) is 3.48. The van der Waals surface area contributed by atoms with Gasteiger partial charge >= 0.3 is 6.09 Å². The van der Waals surface area contributed by atoms with Gasteiger partial charge in [-0.1, -0.05) is 31.8 Å². The number of ether oxygens (including phenoxy) is 2. The molecule has 1 aromatic carbocycles. The quantitative estimate of drug-likeness (QED) is 0.132. The van der Waals surface area contributed by atoms with Crippen molar-refractivity contribution in [2.24, 2.45) is 0 Å². The molecule has 0 aliphatic carbocycles. The minimum absolute atomic E-state index is 0.00861. The first-order valence-corrected chi connectivity index (χ1v) is 24.5. The average molecular weight is 791 g/mol. The Morgan fingerprint density at radius 1 is 0.982 bits per heavy atom. The van der Waals surface area contributed by atoms with Gasteiger partial charge in [0, 0.05) is 58.8 Å². The summed E-state index contributed by atoms with van der Waals surface area (Å²) >= 11 is 0. The van der Waals surface area contributed by atoms with Gasteiger partial charge in [-0.05, 0) is 87.7 Å². The van der Waals surface area contributed by atoms with Gasteiger partial charge in [0.1, 0.15) is 35.8 Å². The van der Waals surface area contributed by atoms with E-state index in [0.717, 1.165) is 47.6 Å². The van der Waals surface area contributed by atoms with E-state index in [4.69, 9.17) is 9.47 Å². The molecule has 0 radical (unpaired) electrons. The maximum Gasteiger partial charge on any atom is 0.407 e. The lowest BCUT2D eigenvalue weighted by Gasteiger charge is -2.33. The predicted molar refractivity (Wildman–Crippen MR) is 218 cm³/mol. The van der Waals surface area contributed by atoms with Crippen LogP contribution in [-0.2, 0) is 32.6 Å². The van der Waals surface area contributed by atoms with Crippen LogP contribution in [0.2, 0.25) is 25.7 Å². The predicted octanol–water partition coefficient (Wildman–Crippen LogP) is 5.78. The fraction of sp³-hybridized carbons (Fsp3) is 0.513. The van der Waals surface area contributed by atoms with Gasteiger partial charge in [-0.25, -0.2) is 23.2 Å². The number of nitrogens with one attached hydrogen (secondary N) is 2. The Balaban J connectivity index is 1.15. The first kappa shape index (κ1) is 40.3. The molecule has 2 amide bonds. The zero-order valence-corrected chi connectivity index (χ0v) is 34.6. The van der Waals surface area contributed by atoms with E-state index in [9.17, 15) is 18.0 Å². The van der Waals surface area contributed by atoms with Crippen molar-refractivity contribution in [2.45, 2.75) is 84.2 Å². The van der Waals surface area contributed by atoms with Gasteiger partial charge in [-0.2, -0.15) is 0 Å². The van der Waals surface area contributed by atoms with Gasteiger partial charge in [0.2, 0.25) is 0 Å². The van der Waals surface area contributed by atoms with Crippen molar-refractivity contribution >= 4 is 52.5 Å². The summed E-state index contributed by atoms with van der Waals surface area (Å²) in [5.41, 5.74) is 3.83. The number of likely N-dealkylation sites (tertiary alicyclic amines) is 1. The molecule has 0 saturated carbocycles. The fourth-order valence-corrected chi connectivity index (χ4v) is 8.75. The molecule has 3 aromatic heterocycles. The largest absolute Gasteiger partial charge is 0.444 e. The van der Waals surface area contributed by atoms with E-state index in [-0.39, 0.29) is 23.5 Å². The van der Waals surface area contributed by atoms with Crippen LogP contribution in [0.15, 0.2) is 55.0 Å². The zero-order valence-electron chi connectivity index (χ0n) is 32.8. The molecule has 2 fully saturated rings. The molecule has 1 atom stereocenters. The van der Waals surface area contributed by atoms with E-state index in [1.54, 1.807) is 6.20 Å². The highest BCUT2D eigenvalue weighted by atomic mass is 32.2. The van der Waals surface area contributed by atoms with E-state index in [1.165, 1.54) is 6.33 Å². The summed E-state index contributed by atoms with van der Waals surface area (Å²) in [5, 5.41) is 6.81. The van der Waals surface area contributed by atoms with Crippen molar-refractivity contribution in [3.05, 3.63) is 66.2 Å². The molecule has 14 nitrogen and oxygen atoms in total. The van der Waals surface area contributed by atoms with Crippen LogP contribution in [0.1, 0.15) is 49.7 Å². The van der Waals surface area contributed by atoms with Gasteiger partial charge in [0.15, 0.2) is 9.84 Å². The van der Waals surface area contributed by atoms with Crippen LogP contribution in [0.4, 0.5) is 16.3 Å². The molecule has 5 heterocycles. The summed E-state index contributed by atoms with van der Waals surface area (Å²) in [6.07, 6.45) is 4.60. The van der Waals surface area contributed by atoms with Crippen LogP contribution >= 0.6 is 0 Å². The molecule has 0 unspecified atom stereocenters. The number of carbonyl (C=O) groups excluding carboxylic acids is 2. The van der Waals surface area contributed by atoms with Crippen molar-refractivity contribution < 1.29 is 27.5 Å². The number of rotatable bonds is 12. The number of anilines is 2. The molecular weight excluding hydrogens is 737 g/mol. The van der Waals surface area contributed by atoms with E-state index in [0.29, 0.717) is 62.4 Å². The Morgan fingerprint density at radius 2 is 1.73 bits per heavy atom. The number of sulfone groups is 1. The third kappa shape index (κ3) is 11.1. The van der Waals surface area contributed by atoms with Gasteiger partial charge in [0.25, 0.3) is 5.91 Å². The number of piperidine rings is 1. The van der Waals surface area contributed by atoms with Crippen molar-refractivity contribution in [3.8, 4) is 11.3 Å². The van der Waals surface area contributed by atoms with Crippen molar-refractivity contribution in [3.63, 3.8) is 0 Å². The SMILES string of the molecule is CC(C)(C)OC(=O)N[C@@H]1CCCN(Cc2ccnc(C(=O)Nc3ccc(-c4cc5c(N6CCS(=O)(=O)CC6)ncnc5n4COCC[Si](C)(C)C)cc3)c2)C1. The summed E-state index contributed by atoms with van der Waals surface area (Å²) in [5.74, 6) is 0.573. The molecule has 2 saturated heterocycles. The first-order chi connectivity index (χ1) is 26.0. The number of alkyl carbamates (subject to hydrolysis) is 1. The van der Waals surface area contributed by atoms with E-state index in [1.807, 2.05) is 72.7 Å². The molecule has 0 spiro atoms. The number of fused-ring (bicyclic) bond motifs is 1. The van der Waals surface area contributed by atoms with Crippen LogP contribution in [0.5, 0.6) is 0 Å². The molecule has 0 bridgehead atoms.